The Kier molecular flexibility index (Phi) is 4.60. The quantitative estimate of drug-likeness (QED) is 0.827. The molecule has 1 aliphatic rings. The highest BCUT2D eigenvalue weighted by Gasteiger charge is 2.31. The molecule has 0 radical (unpaired) electrons. The second-order valence-corrected chi connectivity index (χ2v) is 7.47. The predicted octanol–water partition coefficient (Wildman–Crippen LogP) is 3.92. The highest BCUT2D eigenvalue weighted by molar-refractivity contribution is 9.11. The molecule has 1 atom stereocenters. The molecule has 0 bridgehead atoms. The molecule has 106 valence electrons. The van der Waals surface area contributed by atoms with Crippen molar-refractivity contribution in [2.75, 3.05) is 13.1 Å². The van der Waals surface area contributed by atoms with Crippen LogP contribution in [-0.4, -0.2) is 34.8 Å². The summed E-state index contributed by atoms with van der Waals surface area (Å²) in [6, 6.07) is 3.93. The zero-order chi connectivity index (χ0) is 14.2. The van der Waals surface area contributed by atoms with E-state index in [2.05, 4.69) is 57.5 Å². The second kappa shape index (κ2) is 5.72. The summed E-state index contributed by atoms with van der Waals surface area (Å²) in [5.74, 6) is 0.249. The molecule has 2 rings (SSSR count). The van der Waals surface area contributed by atoms with Gasteiger partial charge in [0.1, 0.15) is 5.75 Å². The smallest absolute Gasteiger partial charge is 0.143 e. The van der Waals surface area contributed by atoms with Gasteiger partial charge in [0.05, 0.1) is 20.7 Å². The van der Waals surface area contributed by atoms with E-state index in [0.29, 0.717) is 0 Å². The Balaban J connectivity index is 2.13. The summed E-state index contributed by atoms with van der Waals surface area (Å²) in [6.07, 6.45) is 0.243. The lowest BCUT2D eigenvalue weighted by atomic mass is 10.0. The predicted molar refractivity (Wildman–Crippen MR) is 83.4 cm³/mol. The molecule has 1 saturated heterocycles. The maximum absolute atomic E-state index is 9.73. The van der Waals surface area contributed by atoms with Gasteiger partial charge in [0.2, 0.25) is 0 Å². The van der Waals surface area contributed by atoms with E-state index in [1.54, 1.807) is 0 Å². The van der Waals surface area contributed by atoms with E-state index >= 15 is 0 Å². The van der Waals surface area contributed by atoms with E-state index in [1.807, 2.05) is 12.1 Å². The molecule has 0 amide bonds. The van der Waals surface area contributed by atoms with E-state index in [9.17, 15) is 5.11 Å². The first-order chi connectivity index (χ1) is 8.77. The molecular weight excluding hydrogens is 374 g/mol. The second-order valence-electron chi connectivity index (χ2n) is 5.77. The molecule has 1 aromatic carbocycles. The number of nitrogens with zero attached hydrogens (tertiary/aromatic N) is 1. The maximum atomic E-state index is 9.73. The molecule has 19 heavy (non-hydrogen) atoms. The van der Waals surface area contributed by atoms with Crippen molar-refractivity contribution < 1.29 is 9.84 Å². The average Bonchev–Trinajstić information content (AvgIpc) is 2.22. The third-order valence-electron chi connectivity index (χ3n) is 3.12. The van der Waals surface area contributed by atoms with Crippen LogP contribution >= 0.6 is 31.9 Å². The van der Waals surface area contributed by atoms with E-state index in [1.165, 1.54) is 5.56 Å². The van der Waals surface area contributed by atoms with Crippen molar-refractivity contribution in [1.29, 1.82) is 0 Å². The fourth-order valence-corrected chi connectivity index (χ4v) is 3.96. The highest BCUT2D eigenvalue weighted by atomic mass is 79.9. The minimum absolute atomic E-state index is 0.108. The van der Waals surface area contributed by atoms with Crippen molar-refractivity contribution in [2.45, 2.75) is 39.0 Å². The van der Waals surface area contributed by atoms with Gasteiger partial charge in [-0.05, 0) is 70.3 Å². The number of morpholine rings is 1. The summed E-state index contributed by atoms with van der Waals surface area (Å²) in [5, 5.41) is 9.73. The largest absolute Gasteiger partial charge is 0.506 e. The van der Waals surface area contributed by atoms with Gasteiger partial charge in [-0.3, -0.25) is 4.90 Å². The maximum Gasteiger partial charge on any atom is 0.143 e. The Bertz CT molecular complexity index is 454. The summed E-state index contributed by atoms with van der Waals surface area (Å²) >= 11 is 6.75. The Morgan fingerprint density at radius 2 is 1.95 bits per heavy atom. The van der Waals surface area contributed by atoms with E-state index in [0.717, 1.165) is 28.6 Å². The molecule has 5 heteroatoms. The molecule has 1 unspecified atom stereocenters. The third-order valence-corrected chi connectivity index (χ3v) is 4.33. The van der Waals surface area contributed by atoms with Crippen LogP contribution in [0.5, 0.6) is 5.75 Å². The molecule has 3 nitrogen and oxygen atoms in total. The zero-order valence-electron chi connectivity index (χ0n) is 11.4. The lowest BCUT2D eigenvalue weighted by Crippen LogP contribution is -2.51. The van der Waals surface area contributed by atoms with Crippen LogP contribution in [0.25, 0.3) is 0 Å². The first-order valence-corrected chi connectivity index (χ1v) is 7.92. The number of aromatic hydroxyl groups is 1. The molecular formula is C14H19Br2NO2. The van der Waals surface area contributed by atoms with Crippen LogP contribution in [0.15, 0.2) is 21.1 Å². The Morgan fingerprint density at radius 3 is 2.47 bits per heavy atom. The number of phenolic OH excluding ortho intramolecular Hbond substituents is 1. The van der Waals surface area contributed by atoms with E-state index in [-0.39, 0.29) is 17.5 Å². The van der Waals surface area contributed by atoms with Gasteiger partial charge in [-0.25, -0.2) is 0 Å². The standard InChI is InChI=1S/C14H19Br2NO2/c1-9-6-17(8-14(2,3)19-9)7-10-4-11(15)13(18)12(16)5-10/h4-5,9,18H,6-8H2,1-3H3. The first kappa shape index (κ1) is 15.3. The molecule has 0 aliphatic carbocycles. The van der Waals surface area contributed by atoms with E-state index in [4.69, 9.17) is 4.74 Å². The summed E-state index contributed by atoms with van der Waals surface area (Å²) in [5.41, 5.74) is 1.06. The van der Waals surface area contributed by atoms with Crippen LogP contribution in [0.2, 0.25) is 0 Å². The first-order valence-electron chi connectivity index (χ1n) is 6.34. The average molecular weight is 393 g/mol. The number of hydrogen-bond donors (Lipinski definition) is 1. The zero-order valence-corrected chi connectivity index (χ0v) is 14.6. The number of phenols is 1. The summed E-state index contributed by atoms with van der Waals surface area (Å²) in [4.78, 5) is 2.39. The van der Waals surface area contributed by atoms with Gasteiger partial charge in [0.15, 0.2) is 0 Å². The number of ether oxygens (including phenoxy) is 1. The van der Waals surface area contributed by atoms with Gasteiger partial charge in [0.25, 0.3) is 0 Å². The van der Waals surface area contributed by atoms with Gasteiger partial charge in [-0.2, -0.15) is 0 Å². The third kappa shape index (κ3) is 3.94. The minimum atomic E-state index is -0.108. The van der Waals surface area contributed by atoms with Crippen LogP contribution in [0.3, 0.4) is 0 Å². The van der Waals surface area contributed by atoms with Crippen molar-refractivity contribution in [2.24, 2.45) is 0 Å². The summed E-state index contributed by atoms with van der Waals surface area (Å²) in [7, 11) is 0. The number of hydrogen-bond acceptors (Lipinski definition) is 3. The number of halogens is 2. The molecule has 0 saturated carbocycles. The van der Waals surface area contributed by atoms with Gasteiger partial charge >= 0.3 is 0 Å². The van der Waals surface area contributed by atoms with Gasteiger partial charge in [0, 0.05) is 19.6 Å². The minimum Gasteiger partial charge on any atom is -0.506 e. The Morgan fingerprint density at radius 1 is 1.37 bits per heavy atom. The normalized spacial score (nSPS) is 23.5. The molecule has 1 aliphatic heterocycles. The topological polar surface area (TPSA) is 32.7 Å². The number of benzene rings is 1. The molecule has 1 N–H and O–H groups in total. The van der Waals surface area contributed by atoms with Crippen molar-refractivity contribution in [3.8, 4) is 5.75 Å². The van der Waals surface area contributed by atoms with E-state index < -0.39 is 0 Å². The Hall–Kier alpha value is -0.100. The lowest BCUT2D eigenvalue weighted by molar-refractivity contribution is -0.130. The van der Waals surface area contributed by atoms with Crippen molar-refractivity contribution >= 4 is 31.9 Å². The van der Waals surface area contributed by atoms with Crippen LogP contribution in [0.4, 0.5) is 0 Å². The van der Waals surface area contributed by atoms with Crippen molar-refractivity contribution in [3.05, 3.63) is 26.6 Å². The molecule has 1 aromatic rings. The SMILES string of the molecule is CC1CN(Cc2cc(Br)c(O)c(Br)c2)CC(C)(C)O1. The van der Waals surface area contributed by atoms with Gasteiger partial charge in [-0.15, -0.1) is 0 Å². The molecule has 0 spiro atoms. The molecule has 1 fully saturated rings. The van der Waals surface area contributed by atoms with Crippen molar-refractivity contribution in [3.63, 3.8) is 0 Å². The highest BCUT2D eigenvalue weighted by Crippen LogP contribution is 2.34. The summed E-state index contributed by atoms with van der Waals surface area (Å²) in [6.45, 7) is 9.05. The Labute approximate surface area is 131 Å². The van der Waals surface area contributed by atoms with Crippen molar-refractivity contribution in [1.82, 2.24) is 4.90 Å². The monoisotopic (exact) mass is 391 g/mol. The summed E-state index contributed by atoms with van der Waals surface area (Å²) < 4.78 is 7.35. The van der Waals surface area contributed by atoms with Crippen LogP contribution in [-0.2, 0) is 11.3 Å². The van der Waals surface area contributed by atoms with Crippen LogP contribution in [0, 0.1) is 0 Å². The van der Waals surface area contributed by atoms with Gasteiger partial charge < -0.3 is 9.84 Å². The van der Waals surface area contributed by atoms with Crippen LogP contribution < -0.4 is 0 Å². The fourth-order valence-electron chi connectivity index (χ4n) is 2.67. The van der Waals surface area contributed by atoms with Crippen LogP contribution in [0.1, 0.15) is 26.3 Å². The molecule has 1 heterocycles. The van der Waals surface area contributed by atoms with Gasteiger partial charge in [-0.1, -0.05) is 0 Å². The fraction of sp³-hybridized carbons (Fsp3) is 0.571. The number of rotatable bonds is 2. The lowest BCUT2D eigenvalue weighted by Gasteiger charge is -2.41. The molecule has 0 aromatic heterocycles.